The van der Waals surface area contributed by atoms with Gasteiger partial charge in [-0.25, -0.2) is 4.79 Å². The van der Waals surface area contributed by atoms with Crippen LogP contribution in [0.1, 0.15) is 35.7 Å². The molecule has 3 rings (SSSR count). The molecule has 1 aliphatic rings. The lowest BCUT2D eigenvalue weighted by atomic mass is 9.90. The van der Waals surface area contributed by atoms with Crippen molar-refractivity contribution in [2.45, 2.75) is 32.4 Å². The topological polar surface area (TPSA) is 66.8 Å². The van der Waals surface area contributed by atoms with E-state index in [1.54, 1.807) is 24.3 Å². The van der Waals surface area contributed by atoms with Crippen LogP contribution in [0.4, 0.5) is 0 Å². The Morgan fingerprint density at radius 2 is 1.92 bits per heavy atom. The lowest BCUT2D eigenvalue weighted by molar-refractivity contribution is -0.145. The second-order valence-electron chi connectivity index (χ2n) is 6.70. The number of likely N-dealkylation sites (tertiary alicyclic amines) is 1. The maximum Gasteiger partial charge on any atom is 0.326 e. The van der Waals surface area contributed by atoms with Gasteiger partial charge >= 0.3 is 5.97 Å². The van der Waals surface area contributed by atoms with Crippen LogP contribution in [0.25, 0.3) is 0 Å². The summed E-state index contributed by atoms with van der Waals surface area (Å²) in [6.45, 7) is 2.77. The van der Waals surface area contributed by atoms with E-state index >= 15 is 0 Å². The zero-order valence-electron chi connectivity index (χ0n) is 14.8. The average Bonchev–Trinajstić information content (AvgIpc) is 2.66. The maximum atomic E-state index is 12.9. The zero-order chi connectivity index (χ0) is 18.5. The van der Waals surface area contributed by atoms with Gasteiger partial charge in [-0.15, -0.1) is 0 Å². The summed E-state index contributed by atoms with van der Waals surface area (Å²) >= 11 is 0. The Hall–Kier alpha value is -2.82. The summed E-state index contributed by atoms with van der Waals surface area (Å²) in [4.78, 5) is 26.0. The molecule has 1 saturated heterocycles. The van der Waals surface area contributed by atoms with Gasteiger partial charge < -0.3 is 14.7 Å². The van der Waals surface area contributed by atoms with Crippen LogP contribution < -0.4 is 4.74 Å². The highest BCUT2D eigenvalue weighted by Gasteiger charge is 2.37. The van der Waals surface area contributed by atoms with Gasteiger partial charge in [0.1, 0.15) is 18.4 Å². The molecule has 2 atom stereocenters. The van der Waals surface area contributed by atoms with Gasteiger partial charge in [0, 0.05) is 12.1 Å². The number of carboxylic acids is 1. The Kier molecular flexibility index (Phi) is 5.56. The third kappa shape index (κ3) is 4.04. The van der Waals surface area contributed by atoms with Crippen molar-refractivity contribution >= 4 is 11.9 Å². The zero-order valence-corrected chi connectivity index (χ0v) is 14.8. The first kappa shape index (κ1) is 18.0. The Balaban J connectivity index is 1.74. The number of piperidine rings is 1. The number of ether oxygens (including phenoxy) is 1. The Morgan fingerprint density at radius 3 is 2.65 bits per heavy atom. The molecular formula is C21H23NO4. The number of nitrogens with zero attached hydrogens (tertiary/aromatic N) is 1. The van der Waals surface area contributed by atoms with Crippen molar-refractivity contribution in [2.75, 3.05) is 6.54 Å². The van der Waals surface area contributed by atoms with Crippen LogP contribution in [0.2, 0.25) is 0 Å². The fourth-order valence-electron chi connectivity index (χ4n) is 3.42. The molecule has 136 valence electrons. The fraction of sp³-hybridized carbons (Fsp3) is 0.333. The molecule has 1 aliphatic heterocycles. The number of hydrogen-bond donors (Lipinski definition) is 1. The molecule has 2 aromatic rings. The molecule has 2 unspecified atom stereocenters. The van der Waals surface area contributed by atoms with Gasteiger partial charge in [0.05, 0.1) is 0 Å². The summed E-state index contributed by atoms with van der Waals surface area (Å²) < 4.78 is 5.78. The predicted octanol–water partition coefficient (Wildman–Crippen LogP) is 3.59. The van der Waals surface area contributed by atoms with Crippen LogP contribution in [-0.2, 0) is 11.4 Å². The molecule has 0 spiro atoms. The van der Waals surface area contributed by atoms with Crippen molar-refractivity contribution in [3.63, 3.8) is 0 Å². The largest absolute Gasteiger partial charge is 0.489 e. The van der Waals surface area contributed by atoms with E-state index in [2.05, 4.69) is 0 Å². The number of carbonyl (C=O) groups excluding carboxylic acids is 1. The van der Waals surface area contributed by atoms with Gasteiger partial charge in [0.2, 0.25) is 0 Å². The highest BCUT2D eigenvalue weighted by atomic mass is 16.5. The monoisotopic (exact) mass is 353 g/mol. The second kappa shape index (κ2) is 8.04. The summed E-state index contributed by atoms with van der Waals surface area (Å²) in [5.74, 6) is -0.657. The standard InChI is InChI=1S/C21H23NO4/c1-15-7-6-12-22(19(15)21(24)25)20(23)17-10-5-11-18(13-17)26-14-16-8-3-2-4-9-16/h2-5,8-11,13,15,19H,6-7,12,14H2,1H3,(H,24,25). The second-order valence-corrected chi connectivity index (χ2v) is 6.70. The summed E-state index contributed by atoms with van der Waals surface area (Å²) in [6.07, 6.45) is 1.64. The molecule has 5 nitrogen and oxygen atoms in total. The molecule has 1 heterocycles. The van der Waals surface area contributed by atoms with E-state index in [1.165, 1.54) is 4.90 Å². The number of carbonyl (C=O) groups is 2. The number of rotatable bonds is 5. The number of hydrogen-bond acceptors (Lipinski definition) is 3. The normalized spacial score (nSPS) is 19.8. The number of aliphatic carboxylic acids is 1. The smallest absolute Gasteiger partial charge is 0.326 e. The first-order valence-electron chi connectivity index (χ1n) is 8.87. The number of benzene rings is 2. The molecule has 0 aromatic heterocycles. The number of amides is 1. The van der Waals surface area contributed by atoms with E-state index < -0.39 is 12.0 Å². The molecule has 0 aliphatic carbocycles. The van der Waals surface area contributed by atoms with Crippen molar-refractivity contribution in [3.8, 4) is 5.75 Å². The molecule has 0 saturated carbocycles. The minimum atomic E-state index is -0.943. The minimum absolute atomic E-state index is 0.0530. The van der Waals surface area contributed by atoms with Crippen LogP contribution in [0.15, 0.2) is 54.6 Å². The van der Waals surface area contributed by atoms with Gasteiger partial charge in [-0.3, -0.25) is 4.79 Å². The molecule has 0 radical (unpaired) electrons. The summed E-state index contributed by atoms with van der Waals surface area (Å²) in [6, 6.07) is 16.0. The third-order valence-corrected chi connectivity index (χ3v) is 4.78. The van der Waals surface area contributed by atoms with Crippen molar-refractivity contribution in [1.82, 2.24) is 4.90 Å². The first-order valence-corrected chi connectivity index (χ1v) is 8.87. The summed E-state index contributed by atoms with van der Waals surface area (Å²) in [7, 11) is 0. The molecule has 26 heavy (non-hydrogen) atoms. The maximum absolute atomic E-state index is 12.9. The van der Waals surface area contributed by atoms with Crippen LogP contribution in [0.3, 0.4) is 0 Å². The van der Waals surface area contributed by atoms with Crippen molar-refractivity contribution < 1.29 is 19.4 Å². The van der Waals surface area contributed by atoms with Crippen molar-refractivity contribution in [3.05, 3.63) is 65.7 Å². The average molecular weight is 353 g/mol. The van der Waals surface area contributed by atoms with Gasteiger partial charge in [-0.05, 0) is 42.5 Å². The van der Waals surface area contributed by atoms with E-state index in [0.717, 1.165) is 18.4 Å². The van der Waals surface area contributed by atoms with E-state index in [1.807, 2.05) is 37.3 Å². The van der Waals surface area contributed by atoms with Crippen LogP contribution in [0, 0.1) is 5.92 Å². The Morgan fingerprint density at radius 1 is 1.15 bits per heavy atom. The van der Waals surface area contributed by atoms with Crippen LogP contribution in [-0.4, -0.2) is 34.5 Å². The van der Waals surface area contributed by atoms with Crippen molar-refractivity contribution in [1.29, 1.82) is 0 Å². The predicted molar refractivity (Wildman–Crippen MR) is 98.1 cm³/mol. The van der Waals surface area contributed by atoms with Gasteiger partial charge in [0.15, 0.2) is 0 Å². The summed E-state index contributed by atoms with van der Waals surface area (Å²) in [5, 5.41) is 9.52. The van der Waals surface area contributed by atoms with E-state index in [-0.39, 0.29) is 11.8 Å². The fourth-order valence-corrected chi connectivity index (χ4v) is 3.42. The molecular weight excluding hydrogens is 330 g/mol. The van der Waals surface area contributed by atoms with Crippen molar-refractivity contribution in [2.24, 2.45) is 5.92 Å². The van der Waals surface area contributed by atoms with Crippen LogP contribution >= 0.6 is 0 Å². The Labute approximate surface area is 153 Å². The SMILES string of the molecule is CC1CCCN(C(=O)c2cccc(OCc3ccccc3)c2)C1C(=O)O. The number of carboxylic acid groups (broad SMARTS) is 1. The molecule has 1 amide bonds. The third-order valence-electron chi connectivity index (χ3n) is 4.78. The highest BCUT2D eigenvalue weighted by Crippen LogP contribution is 2.26. The van der Waals surface area contributed by atoms with E-state index in [4.69, 9.17) is 4.74 Å². The van der Waals surface area contributed by atoms with Gasteiger partial charge in [-0.2, -0.15) is 0 Å². The molecule has 1 N–H and O–H groups in total. The van der Waals surface area contributed by atoms with E-state index in [9.17, 15) is 14.7 Å². The first-order chi connectivity index (χ1) is 12.6. The summed E-state index contributed by atoms with van der Waals surface area (Å²) in [5.41, 5.74) is 1.50. The molecule has 2 aromatic carbocycles. The van der Waals surface area contributed by atoms with Gasteiger partial charge in [-0.1, -0.05) is 43.3 Å². The minimum Gasteiger partial charge on any atom is -0.489 e. The van der Waals surface area contributed by atoms with Crippen LogP contribution in [0.5, 0.6) is 5.75 Å². The highest BCUT2D eigenvalue weighted by molar-refractivity contribution is 5.97. The Bertz CT molecular complexity index is 775. The lowest BCUT2D eigenvalue weighted by Gasteiger charge is -2.37. The molecule has 0 bridgehead atoms. The molecule has 1 fully saturated rings. The lowest BCUT2D eigenvalue weighted by Crippen LogP contribution is -2.51. The van der Waals surface area contributed by atoms with E-state index in [0.29, 0.717) is 24.5 Å². The molecule has 5 heteroatoms. The van der Waals surface area contributed by atoms with Gasteiger partial charge in [0.25, 0.3) is 5.91 Å². The quantitative estimate of drug-likeness (QED) is 0.892.